The number of imidazole rings is 1. The van der Waals surface area contributed by atoms with Crippen LogP contribution >= 0.6 is 0 Å². The van der Waals surface area contributed by atoms with E-state index in [-0.39, 0.29) is 29.6 Å². The second-order valence-electron chi connectivity index (χ2n) is 9.78. The van der Waals surface area contributed by atoms with Gasteiger partial charge in [0.25, 0.3) is 12.3 Å². The lowest BCUT2D eigenvalue weighted by molar-refractivity contribution is -0.141. The van der Waals surface area contributed by atoms with Crippen LogP contribution in [0.5, 0.6) is 0 Å². The lowest BCUT2D eigenvalue weighted by Crippen LogP contribution is -2.49. The number of amides is 2. The molecule has 1 aromatic carbocycles. The van der Waals surface area contributed by atoms with E-state index in [0.717, 1.165) is 6.20 Å². The number of anilines is 2. The first kappa shape index (κ1) is 29.9. The second-order valence-corrected chi connectivity index (χ2v) is 9.78. The van der Waals surface area contributed by atoms with Crippen LogP contribution in [0.2, 0.25) is 0 Å². The van der Waals surface area contributed by atoms with Crippen LogP contribution in [0.25, 0.3) is 16.9 Å². The molecule has 0 aliphatic carbocycles. The number of hydrogen-bond donors (Lipinski definition) is 3. The van der Waals surface area contributed by atoms with Gasteiger partial charge >= 0.3 is 6.18 Å². The van der Waals surface area contributed by atoms with Crippen molar-refractivity contribution in [2.45, 2.75) is 32.5 Å². The summed E-state index contributed by atoms with van der Waals surface area (Å²) in [6.45, 7) is 3.34. The summed E-state index contributed by atoms with van der Waals surface area (Å²) in [4.78, 5) is 35.5. The van der Waals surface area contributed by atoms with E-state index in [9.17, 15) is 31.5 Å². The quantitative estimate of drug-likeness (QED) is 0.250. The molecule has 3 aromatic heterocycles. The number of benzene rings is 1. The van der Waals surface area contributed by atoms with Crippen LogP contribution in [0.15, 0.2) is 43.0 Å². The molecule has 4 aromatic rings. The lowest BCUT2D eigenvalue weighted by atomic mass is 10.0. The number of halogens is 5. The summed E-state index contributed by atoms with van der Waals surface area (Å²) in [6.07, 6.45) is -2.41. The zero-order valence-corrected chi connectivity index (χ0v) is 23.0. The van der Waals surface area contributed by atoms with E-state index in [1.54, 1.807) is 23.1 Å². The molecule has 2 amide bonds. The Kier molecular flexibility index (Phi) is 8.57. The molecule has 16 heteroatoms. The minimum atomic E-state index is -4.89. The summed E-state index contributed by atoms with van der Waals surface area (Å²) < 4.78 is 68.8. The number of aryl methyl sites for hydroxylation is 1. The molecule has 11 nitrogen and oxygen atoms in total. The van der Waals surface area contributed by atoms with E-state index in [0.29, 0.717) is 54.1 Å². The van der Waals surface area contributed by atoms with Gasteiger partial charge in [0, 0.05) is 56.0 Å². The summed E-state index contributed by atoms with van der Waals surface area (Å²) in [7, 11) is 0. The molecule has 5 rings (SSSR count). The molecule has 0 spiro atoms. The number of alkyl halides is 5. The van der Waals surface area contributed by atoms with Crippen molar-refractivity contribution >= 4 is 29.0 Å². The van der Waals surface area contributed by atoms with Gasteiger partial charge in [-0.15, -0.1) is 0 Å². The first-order valence-corrected chi connectivity index (χ1v) is 13.5. The van der Waals surface area contributed by atoms with Crippen molar-refractivity contribution in [3.63, 3.8) is 0 Å². The summed E-state index contributed by atoms with van der Waals surface area (Å²) in [5.41, 5.74) is 0.0825. The van der Waals surface area contributed by atoms with E-state index < -0.39 is 36.3 Å². The largest absolute Gasteiger partial charge is 0.435 e. The van der Waals surface area contributed by atoms with Crippen LogP contribution in [-0.2, 0) is 23.9 Å². The van der Waals surface area contributed by atoms with E-state index in [1.807, 2.05) is 6.92 Å². The Morgan fingerprint density at radius 1 is 1.14 bits per heavy atom. The number of nitrogens with zero attached hydrogens (tertiary/aromatic N) is 6. The number of carbonyl (C=O) groups excluding carboxylic acids is 2. The van der Waals surface area contributed by atoms with Crippen molar-refractivity contribution in [1.82, 2.24) is 39.7 Å². The average Bonchev–Trinajstić information content (AvgIpc) is 3.60. The zero-order valence-electron chi connectivity index (χ0n) is 23.0. The summed E-state index contributed by atoms with van der Waals surface area (Å²) in [5, 5.41) is 12.3. The predicted octanol–water partition coefficient (Wildman–Crippen LogP) is 3.34. The van der Waals surface area contributed by atoms with Gasteiger partial charge in [0.05, 0.1) is 24.0 Å². The van der Waals surface area contributed by atoms with E-state index >= 15 is 0 Å². The number of piperazine rings is 1. The molecule has 0 unspecified atom stereocenters. The van der Waals surface area contributed by atoms with Crippen LogP contribution < -0.4 is 16.0 Å². The third-order valence-corrected chi connectivity index (χ3v) is 6.92. The minimum absolute atomic E-state index is 0.00933. The van der Waals surface area contributed by atoms with Crippen LogP contribution in [0.4, 0.5) is 33.5 Å². The van der Waals surface area contributed by atoms with Crippen LogP contribution in [0, 0.1) is 0 Å². The fourth-order valence-electron chi connectivity index (χ4n) is 4.86. The summed E-state index contributed by atoms with van der Waals surface area (Å²) in [6, 6.07) is 4.98. The minimum Gasteiger partial charge on any atom is -0.343 e. The van der Waals surface area contributed by atoms with Crippen molar-refractivity contribution in [1.29, 1.82) is 0 Å². The topological polar surface area (TPSA) is 121 Å². The molecule has 0 radical (unpaired) electrons. The molecule has 228 valence electrons. The number of hydrogen-bond acceptors (Lipinski definition) is 7. The number of carbonyl (C=O) groups is 2. The zero-order chi connectivity index (χ0) is 30.7. The van der Waals surface area contributed by atoms with Crippen LogP contribution in [0.3, 0.4) is 0 Å². The first-order valence-electron chi connectivity index (χ1n) is 13.5. The van der Waals surface area contributed by atoms with Crippen LogP contribution in [0.1, 0.15) is 28.5 Å². The third-order valence-electron chi connectivity index (χ3n) is 6.92. The highest BCUT2D eigenvalue weighted by Crippen LogP contribution is 2.37. The molecule has 43 heavy (non-hydrogen) atoms. The lowest BCUT2D eigenvalue weighted by Gasteiger charge is -2.27. The van der Waals surface area contributed by atoms with Crippen molar-refractivity contribution < 1.29 is 31.5 Å². The van der Waals surface area contributed by atoms with Gasteiger partial charge in [0.2, 0.25) is 5.91 Å². The molecule has 0 atom stereocenters. The van der Waals surface area contributed by atoms with E-state index in [1.165, 1.54) is 23.0 Å². The van der Waals surface area contributed by atoms with Gasteiger partial charge in [-0.3, -0.25) is 18.7 Å². The third kappa shape index (κ3) is 6.58. The molecular formula is C27H28F5N9O2. The molecular weight excluding hydrogens is 577 g/mol. The van der Waals surface area contributed by atoms with Crippen LogP contribution in [-0.4, -0.2) is 80.0 Å². The van der Waals surface area contributed by atoms with Crippen molar-refractivity contribution in [3.8, 4) is 11.3 Å². The molecule has 1 aliphatic rings. The molecule has 1 fully saturated rings. The summed E-state index contributed by atoms with van der Waals surface area (Å²) >= 11 is 0. The fraction of sp³-hybridized carbons (Fsp3) is 0.370. The molecule has 1 aliphatic heterocycles. The second kappa shape index (κ2) is 12.3. The van der Waals surface area contributed by atoms with Crippen molar-refractivity contribution in [2.75, 3.05) is 38.0 Å². The molecule has 4 heterocycles. The Labute approximate surface area is 242 Å². The monoisotopic (exact) mass is 605 g/mol. The molecule has 0 saturated carbocycles. The normalized spacial score (nSPS) is 14.0. The van der Waals surface area contributed by atoms with Gasteiger partial charge in [-0.25, -0.2) is 18.7 Å². The van der Waals surface area contributed by atoms with Gasteiger partial charge in [0.15, 0.2) is 17.2 Å². The van der Waals surface area contributed by atoms with Crippen molar-refractivity contribution in [3.05, 3.63) is 59.8 Å². The smallest absolute Gasteiger partial charge is 0.343 e. The SMILES string of the molecule is CCc1cc(Nc2nccn3c(-c4cn(CC(F)F)nc4C(F)(F)F)cnc23)ccc1C(=O)NCC(=O)N1CCNCC1. The highest BCUT2D eigenvalue weighted by Gasteiger charge is 2.38. The fourth-order valence-corrected chi connectivity index (χ4v) is 4.86. The van der Waals surface area contributed by atoms with Gasteiger partial charge < -0.3 is 20.9 Å². The Balaban J connectivity index is 1.37. The number of nitrogens with one attached hydrogen (secondary N) is 3. The van der Waals surface area contributed by atoms with E-state index in [2.05, 4.69) is 31.0 Å². The maximum absolute atomic E-state index is 13.7. The highest BCUT2D eigenvalue weighted by atomic mass is 19.4. The number of rotatable bonds is 9. The predicted molar refractivity (Wildman–Crippen MR) is 146 cm³/mol. The van der Waals surface area contributed by atoms with Gasteiger partial charge in [-0.2, -0.15) is 18.3 Å². The molecule has 1 saturated heterocycles. The van der Waals surface area contributed by atoms with Gasteiger partial charge in [0.1, 0.15) is 6.54 Å². The number of aromatic nitrogens is 5. The Hall–Kier alpha value is -4.60. The van der Waals surface area contributed by atoms with E-state index in [4.69, 9.17) is 0 Å². The Bertz CT molecular complexity index is 1630. The Morgan fingerprint density at radius 2 is 1.91 bits per heavy atom. The van der Waals surface area contributed by atoms with Crippen molar-refractivity contribution in [2.24, 2.45) is 0 Å². The number of fused-ring (bicyclic) bond motifs is 1. The standard InChI is InChI=1S/C27H28F5N9O2/c1-2-16-11-17(3-4-18(16)26(43)36-13-22(42)39-8-5-33-6-9-39)37-24-25-35-12-20(41(25)10-7-34-24)19-14-40(15-21(28)29)38-23(19)27(30,31)32/h3-4,7,10-12,14,21,33H,2,5-6,8-9,13,15H2,1H3,(H,34,37)(H,36,43). The maximum atomic E-state index is 13.7. The van der Waals surface area contributed by atoms with Gasteiger partial charge in [-0.1, -0.05) is 6.92 Å². The molecule has 0 bridgehead atoms. The average molecular weight is 606 g/mol. The first-order chi connectivity index (χ1) is 20.5. The molecule has 3 N–H and O–H groups in total. The Morgan fingerprint density at radius 3 is 2.60 bits per heavy atom. The maximum Gasteiger partial charge on any atom is 0.435 e. The summed E-state index contributed by atoms with van der Waals surface area (Å²) in [5.74, 6) is -0.339. The highest BCUT2D eigenvalue weighted by molar-refractivity contribution is 5.98. The van der Waals surface area contributed by atoms with Gasteiger partial charge in [-0.05, 0) is 30.2 Å².